The number of hydrogen-bond acceptors (Lipinski definition) is 16. The Bertz CT molecular complexity index is 2070. The van der Waals surface area contributed by atoms with Gasteiger partial charge in [0, 0.05) is 6.20 Å². The molecular weight excluding hydrogens is 706 g/mol. The molecule has 6 heterocycles. The highest BCUT2D eigenvalue weighted by molar-refractivity contribution is 8.06. The number of nitrogens with zero attached hydrogens (tertiary/aromatic N) is 5. The van der Waals surface area contributed by atoms with Crippen molar-refractivity contribution in [3.63, 3.8) is 0 Å². The minimum Gasteiger partial charge on any atom is -0.780 e. The van der Waals surface area contributed by atoms with Crippen LogP contribution >= 0.6 is 14.5 Å². The van der Waals surface area contributed by atoms with Gasteiger partial charge in [-0.2, -0.15) is 0 Å². The number of aromatic nitrogens is 6. The molecule has 3 fully saturated rings. The van der Waals surface area contributed by atoms with Gasteiger partial charge in [0.25, 0.3) is 13.4 Å². The fourth-order valence-electron chi connectivity index (χ4n) is 5.59. The summed E-state index contributed by atoms with van der Waals surface area (Å²) in [6.45, 7) is -6.59. The Balaban J connectivity index is 1.20. The third-order valence-corrected chi connectivity index (χ3v) is 10.3. The largest absolute Gasteiger partial charge is 0.780 e. The predicted molar refractivity (Wildman–Crippen MR) is 158 cm³/mol. The topological polar surface area (TPSA) is 243 Å². The van der Waals surface area contributed by atoms with E-state index in [1.807, 2.05) is 0 Å². The summed E-state index contributed by atoms with van der Waals surface area (Å²) in [5.74, 6) is -0.0222. The maximum absolute atomic E-state index is 16.1. The molecule has 3 aliphatic rings. The van der Waals surface area contributed by atoms with E-state index in [4.69, 9.17) is 45.1 Å². The Labute approximate surface area is 272 Å². The van der Waals surface area contributed by atoms with Crippen molar-refractivity contribution in [2.75, 3.05) is 18.9 Å². The number of ether oxygens (including phenoxy) is 2. The Hall–Kier alpha value is -3.33. The maximum atomic E-state index is 16.1. The number of imidazole rings is 1. The normalized spacial score (nSPS) is 35.8. The van der Waals surface area contributed by atoms with Crippen molar-refractivity contribution in [2.24, 2.45) is 0 Å². The summed E-state index contributed by atoms with van der Waals surface area (Å²) >= 11 is 4.96. The number of benzene rings is 1. The smallest absolute Gasteiger partial charge is 0.330 e. The van der Waals surface area contributed by atoms with Gasteiger partial charge in [-0.05, 0) is 5.56 Å². The molecular formula is C25H23F2N7O11P2S-2. The van der Waals surface area contributed by atoms with E-state index in [-0.39, 0.29) is 22.5 Å². The Kier molecular flexibility index (Phi) is 8.66. The lowest BCUT2D eigenvalue weighted by atomic mass is 10.1. The second-order valence-corrected chi connectivity index (χ2v) is 14.9. The van der Waals surface area contributed by atoms with Gasteiger partial charge >= 0.3 is 5.69 Å². The zero-order chi connectivity index (χ0) is 34.0. The Morgan fingerprint density at radius 2 is 1.67 bits per heavy atom. The minimum absolute atomic E-state index is 0.0222. The van der Waals surface area contributed by atoms with E-state index in [2.05, 4.69) is 19.9 Å². The summed E-state index contributed by atoms with van der Waals surface area (Å²) in [7, 11) is -5.47. The molecule has 2 unspecified atom stereocenters. The van der Waals surface area contributed by atoms with Crippen LogP contribution in [0.1, 0.15) is 12.5 Å². The number of halogens is 2. The van der Waals surface area contributed by atoms with Gasteiger partial charge in [-0.1, -0.05) is 42.1 Å². The summed E-state index contributed by atoms with van der Waals surface area (Å²) in [5.41, 5.74) is 4.49. The van der Waals surface area contributed by atoms with E-state index in [9.17, 15) is 23.9 Å². The van der Waals surface area contributed by atoms with Crippen molar-refractivity contribution < 1.29 is 50.7 Å². The number of nitrogens with two attached hydrogens (primary N) is 1. The highest BCUT2D eigenvalue weighted by atomic mass is 32.5. The molecule has 3 aliphatic heterocycles. The number of nitrogens with one attached hydrogen (secondary N) is 1. The third kappa shape index (κ3) is 6.16. The fraction of sp³-hybridized carbons (Fsp3) is 0.400. The zero-order valence-corrected chi connectivity index (χ0v) is 26.6. The first-order valence-electron chi connectivity index (χ1n) is 14.0. The molecule has 3 saturated heterocycles. The number of aromatic amines is 1. The van der Waals surface area contributed by atoms with E-state index in [0.717, 1.165) is 23.4 Å². The predicted octanol–water partition coefficient (Wildman–Crippen LogP) is -0.0329. The van der Waals surface area contributed by atoms with Gasteiger partial charge in [0.2, 0.25) is 0 Å². The number of fused-ring (bicyclic) bond motifs is 4. The molecule has 2 bridgehead atoms. The highest BCUT2D eigenvalue weighted by Crippen LogP contribution is 2.51. The zero-order valence-electron chi connectivity index (χ0n) is 24.0. The van der Waals surface area contributed by atoms with Gasteiger partial charge in [0.05, 0.1) is 25.1 Å². The molecule has 0 radical (unpaired) electrons. The average molecular weight is 730 g/mol. The molecule has 0 amide bonds. The van der Waals surface area contributed by atoms with E-state index in [1.165, 1.54) is 0 Å². The maximum Gasteiger partial charge on any atom is 0.330 e. The molecule has 18 nitrogen and oxygen atoms in total. The Morgan fingerprint density at radius 3 is 2.44 bits per heavy atom. The summed E-state index contributed by atoms with van der Waals surface area (Å²) in [4.78, 5) is 65.8. The number of rotatable bonds is 3. The molecule has 1 aromatic carbocycles. The van der Waals surface area contributed by atoms with E-state index >= 15 is 8.78 Å². The summed E-state index contributed by atoms with van der Waals surface area (Å²) in [6.07, 6.45) is -11.9. The van der Waals surface area contributed by atoms with Crippen LogP contribution in [0.15, 0.2) is 58.8 Å². The van der Waals surface area contributed by atoms with Crippen LogP contribution < -0.4 is 26.8 Å². The van der Waals surface area contributed by atoms with Gasteiger partial charge in [0.1, 0.15) is 43.0 Å². The number of hydrogen-bond donors (Lipinski definition) is 2. The fourth-order valence-corrected chi connectivity index (χ4v) is 7.92. The van der Waals surface area contributed by atoms with Gasteiger partial charge in [-0.15, -0.1) is 0 Å². The van der Waals surface area contributed by atoms with Crippen LogP contribution in [0.3, 0.4) is 0 Å². The lowest BCUT2D eigenvalue weighted by Gasteiger charge is -2.34. The summed E-state index contributed by atoms with van der Waals surface area (Å²) < 4.78 is 78.8. The quantitative estimate of drug-likeness (QED) is 0.263. The van der Waals surface area contributed by atoms with Crippen LogP contribution in [0.25, 0.3) is 22.3 Å². The van der Waals surface area contributed by atoms with Crippen molar-refractivity contribution >= 4 is 43.3 Å². The van der Waals surface area contributed by atoms with Crippen molar-refractivity contribution in [3.05, 3.63) is 70.0 Å². The molecule has 0 aliphatic carbocycles. The van der Waals surface area contributed by atoms with Crippen molar-refractivity contribution in [1.82, 2.24) is 29.1 Å². The monoisotopic (exact) mass is 729 g/mol. The molecule has 0 saturated carbocycles. The van der Waals surface area contributed by atoms with Gasteiger partial charge in [0.15, 0.2) is 36.3 Å². The molecule has 4 aromatic rings. The first kappa shape index (κ1) is 33.2. The van der Waals surface area contributed by atoms with Crippen molar-refractivity contribution in [1.29, 1.82) is 0 Å². The number of alkyl halides is 2. The van der Waals surface area contributed by atoms with Gasteiger partial charge in [-0.3, -0.25) is 23.5 Å². The second-order valence-electron chi connectivity index (χ2n) is 10.8. The van der Waals surface area contributed by atoms with Crippen LogP contribution in [0.4, 0.5) is 14.6 Å². The van der Waals surface area contributed by atoms with Crippen LogP contribution in [-0.4, -0.2) is 79.0 Å². The lowest BCUT2D eigenvalue weighted by molar-refractivity contribution is -0.237. The van der Waals surface area contributed by atoms with Crippen LogP contribution in [0.5, 0.6) is 0 Å². The summed E-state index contributed by atoms with van der Waals surface area (Å²) in [6, 6.07) is 8.12. The van der Waals surface area contributed by atoms with Gasteiger partial charge in [-0.25, -0.2) is 28.5 Å². The number of nitrogen functional groups attached to an aromatic ring is 1. The first-order valence-corrected chi connectivity index (χ1v) is 18.0. The number of H-pyrrole nitrogens is 1. The highest BCUT2D eigenvalue weighted by Gasteiger charge is 2.52. The van der Waals surface area contributed by atoms with Crippen LogP contribution in [0.2, 0.25) is 0 Å². The van der Waals surface area contributed by atoms with E-state index in [0.29, 0.717) is 10.1 Å². The molecule has 48 heavy (non-hydrogen) atoms. The molecule has 3 N–H and O–H groups in total. The van der Waals surface area contributed by atoms with Crippen LogP contribution in [0, 0.1) is 0 Å². The second kappa shape index (κ2) is 12.5. The standard InChI is InChI=1S/C25H25F2N7O11P2S/c26-15-13-7-41-47(39,48)45-18-14(43-23(16(18)27)33-6-12(22(35)32-25(33)36)11-4-2-1-3-5-11)8-40-46(37,38)44-19(15)24(42-13)34-10-31-17-20(28)29-9-30-21(17)34/h1-6,9-10,13-16,18-19,23-24H,7-8H2,(H,37,38)(H,39,48)(H2,28,29,30)(H,32,35,36)/p-2/t13-,14-,15-,16-,18-,19-,23-,24-,47?/m1/s1. The molecule has 10 atom stereocenters. The molecule has 0 spiro atoms. The summed E-state index contributed by atoms with van der Waals surface area (Å²) in [5, 5.41) is 0. The van der Waals surface area contributed by atoms with E-state index < -0.39 is 88.2 Å². The van der Waals surface area contributed by atoms with Crippen molar-refractivity contribution in [3.8, 4) is 11.1 Å². The van der Waals surface area contributed by atoms with E-state index in [1.54, 1.807) is 30.3 Å². The molecule has 23 heteroatoms. The number of phosphoric acid groups is 1. The van der Waals surface area contributed by atoms with Gasteiger partial charge < -0.3 is 43.1 Å². The minimum atomic E-state index is -5.47. The average Bonchev–Trinajstić information content (AvgIpc) is 3.70. The first-order chi connectivity index (χ1) is 22.8. The third-order valence-electron chi connectivity index (χ3n) is 7.81. The number of anilines is 1. The molecule has 3 aromatic heterocycles. The molecule has 256 valence electrons. The Morgan fingerprint density at radius 1 is 0.938 bits per heavy atom. The SMILES string of the molecule is Nc1ncnc2c1ncn2[C@@H]1O[C@@H]2COP([O-])(=S)O[C@H]3[C@@H](F)[C@H](n4cc(-c5ccccc5)c(=O)[nH]c4=O)O[C@@H]3COP(=O)([O-])O[C@@H]1[C@@H]2F. The molecule has 7 rings (SSSR count). The van der Waals surface area contributed by atoms with Crippen LogP contribution in [-0.2, 0) is 43.9 Å². The number of phosphoric ester groups is 1. The van der Waals surface area contributed by atoms with Crippen molar-refractivity contribution in [2.45, 2.75) is 49.2 Å². The lowest BCUT2D eigenvalue weighted by Crippen LogP contribution is -2.38.